The van der Waals surface area contributed by atoms with E-state index in [0.717, 1.165) is 18.6 Å². The highest BCUT2D eigenvalue weighted by atomic mass is 16.5. The lowest BCUT2D eigenvalue weighted by molar-refractivity contribution is -0.128. The minimum atomic E-state index is -0.493. The van der Waals surface area contributed by atoms with Crippen LogP contribution in [0.15, 0.2) is 54.6 Å². The summed E-state index contributed by atoms with van der Waals surface area (Å²) in [5, 5.41) is 3.06. The number of aryl methyl sites for hydroxylation is 1. The first kappa shape index (κ1) is 18.8. The fraction of sp³-hybridized carbons (Fsp3) is 0.381. The van der Waals surface area contributed by atoms with Gasteiger partial charge in [-0.25, -0.2) is 0 Å². The number of benzene rings is 2. The third kappa shape index (κ3) is 6.14. The van der Waals surface area contributed by atoms with Crippen molar-refractivity contribution in [2.75, 3.05) is 7.11 Å². The minimum absolute atomic E-state index is 0.0705. The van der Waals surface area contributed by atoms with Crippen LogP contribution in [0.5, 0.6) is 11.5 Å². The molecule has 4 heteroatoms. The molecule has 0 heterocycles. The summed E-state index contributed by atoms with van der Waals surface area (Å²) in [6.45, 7) is 3.98. The Morgan fingerprint density at radius 3 is 2.28 bits per heavy atom. The van der Waals surface area contributed by atoms with Crippen molar-refractivity contribution in [1.82, 2.24) is 5.32 Å². The van der Waals surface area contributed by atoms with E-state index >= 15 is 0 Å². The molecule has 0 aromatic heterocycles. The fourth-order valence-electron chi connectivity index (χ4n) is 2.58. The van der Waals surface area contributed by atoms with Crippen LogP contribution in [0.1, 0.15) is 32.3 Å². The van der Waals surface area contributed by atoms with Crippen LogP contribution in [0, 0.1) is 0 Å². The lowest BCUT2D eigenvalue weighted by Gasteiger charge is -2.20. The van der Waals surface area contributed by atoms with E-state index in [9.17, 15) is 4.79 Å². The predicted molar refractivity (Wildman–Crippen MR) is 100 cm³/mol. The summed E-state index contributed by atoms with van der Waals surface area (Å²) in [6.07, 6.45) is 1.96. The largest absolute Gasteiger partial charge is 0.497 e. The first-order valence-corrected chi connectivity index (χ1v) is 8.77. The molecule has 0 spiro atoms. The molecule has 1 N–H and O–H groups in total. The molecule has 0 aliphatic carbocycles. The third-order valence-corrected chi connectivity index (χ3v) is 4.10. The van der Waals surface area contributed by atoms with E-state index in [2.05, 4.69) is 17.4 Å². The molecule has 0 radical (unpaired) electrons. The summed E-state index contributed by atoms with van der Waals surface area (Å²) in [5.41, 5.74) is 1.28. The lowest BCUT2D eigenvalue weighted by atomic mass is 10.1. The van der Waals surface area contributed by atoms with Gasteiger partial charge in [0, 0.05) is 6.04 Å². The molecule has 134 valence electrons. The summed E-state index contributed by atoms with van der Waals surface area (Å²) in [7, 11) is 1.62. The zero-order valence-electron chi connectivity index (χ0n) is 15.2. The molecule has 2 aromatic carbocycles. The molecule has 4 nitrogen and oxygen atoms in total. The van der Waals surface area contributed by atoms with Crippen LogP contribution in [-0.2, 0) is 11.2 Å². The number of methoxy groups -OCH3 is 1. The molecular weight excluding hydrogens is 314 g/mol. The number of ether oxygens (including phenoxy) is 2. The van der Waals surface area contributed by atoms with Crippen LogP contribution >= 0.6 is 0 Å². The average molecular weight is 341 g/mol. The molecule has 0 aliphatic heterocycles. The van der Waals surface area contributed by atoms with E-state index in [0.29, 0.717) is 12.2 Å². The molecule has 0 fully saturated rings. The van der Waals surface area contributed by atoms with Gasteiger partial charge in [0.05, 0.1) is 7.11 Å². The second-order valence-electron chi connectivity index (χ2n) is 6.12. The first-order chi connectivity index (χ1) is 12.1. The SMILES string of the molecule is CCC(Oc1ccc(OC)cc1)C(=O)NC(C)CCc1ccccc1. The quantitative estimate of drug-likeness (QED) is 0.750. The van der Waals surface area contributed by atoms with E-state index in [1.54, 1.807) is 7.11 Å². The Morgan fingerprint density at radius 1 is 1.04 bits per heavy atom. The molecule has 1 amide bonds. The van der Waals surface area contributed by atoms with E-state index in [1.807, 2.05) is 56.3 Å². The molecule has 0 saturated heterocycles. The van der Waals surface area contributed by atoms with Gasteiger partial charge in [0.1, 0.15) is 11.5 Å². The molecule has 2 unspecified atom stereocenters. The van der Waals surface area contributed by atoms with E-state index in [1.165, 1.54) is 5.56 Å². The third-order valence-electron chi connectivity index (χ3n) is 4.10. The smallest absolute Gasteiger partial charge is 0.261 e. The Balaban J connectivity index is 1.83. The number of carbonyl (C=O) groups excluding carboxylic acids is 1. The number of hydrogen-bond donors (Lipinski definition) is 1. The molecule has 0 bridgehead atoms. The number of nitrogens with one attached hydrogen (secondary N) is 1. The summed E-state index contributed by atoms with van der Waals surface area (Å²) in [4.78, 5) is 12.5. The highest BCUT2D eigenvalue weighted by Gasteiger charge is 2.20. The van der Waals surface area contributed by atoms with Crippen LogP contribution in [0.2, 0.25) is 0 Å². The number of rotatable bonds is 9. The average Bonchev–Trinajstić information content (AvgIpc) is 2.65. The van der Waals surface area contributed by atoms with Crippen LogP contribution in [0.4, 0.5) is 0 Å². The zero-order chi connectivity index (χ0) is 18.1. The van der Waals surface area contributed by atoms with Gasteiger partial charge in [-0.05, 0) is 56.0 Å². The van der Waals surface area contributed by atoms with Crippen LogP contribution in [0.3, 0.4) is 0 Å². The van der Waals surface area contributed by atoms with Crippen molar-refractivity contribution in [3.63, 3.8) is 0 Å². The Bertz CT molecular complexity index is 640. The topological polar surface area (TPSA) is 47.6 Å². The summed E-state index contributed by atoms with van der Waals surface area (Å²) < 4.78 is 11.0. The van der Waals surface area contributed by atoms with Crippen LogP contribution in [-0.4, -0.2) is 25.2 Å². The van der Waals surface area contributed by atoms with Crippen LogP contribution < -0.4 is 14.8 Å². The lowest BCUT2D eigenvalue weighted by Crippen LogP contribution is -2.42. The zero-order valence-corrected chi connectivity index (χ0v) is 15.2. The Labute approximate surface area is 150 Å². The predicted octanol–water partition coefficient (Wildman–Crippen LogP) is 3.99. The van der Waals surface area contributed by atoms with Crippen molar-refractivity contribution in [3.8, 4) is 11.5 Å². The molecule has 2 rings (SSSR count). The minimum Gasteiger partial charge on any atom is -0.497 e. The van der Waals surface area contributed by atoms with Gasteiger partial charge in [-0.3, -0.25) is 4.79 Å². The molecule has 2 atom stereocenters. The second kappa shape index (κ2) is 9.72. The van der Waals surface area contributed by atoms with Gasteiger partial charge in [0.2, 0.25) is 0 Å². The fourth-order valence-corrected chi connectivity index (χ4v) is 2.58. The van der Waals surface area contributed by atoms with Crippen molar-refractivity contribution in [2.45, 2.75) is 45.3 Å². The van der Waals surface area contributed by atoms with Gasteiger partial charge in [-0.15, -0.1) is 0 Å². The summed E-state index contributed by atoms with van der Waals surface area (Å²) in [5.74, 6) is 1.36. The van der Waals surface area contributed by atoms with Gasteiger partial charge in [0.25, 0.3) is 5.91 Å². The molecule has 0 aliphatic rings. The number of amides is 1. The van der Waals surface area contributed by atoms with Gasteiger partial charge >= 0.3 is 0 Å². The van der Waals surface area contributed by atoms with Crippen molar-refractivity contribution < 1.29 is 14.3 Å². The van der Waals surface area contributed by atoms with Gasteiger partial charge < -0.3 is 14.8 Å². The van der Waals surface area contributed by atoms with Crippen LogP contribution in [0.25, 0.3) is 0 Å². The molecule has 2 aromatic rings. The maximum Gasteiger partial charge on any atom is 0.261 e. The summed E-state index contributed by atoms with van der Waals surface area (Å²) in [6, 6.07) is 17.7. The van der Waals surface area contributed by atoms with Crippen molar-refractivity contribution >= 4 is 5.91 Å². The Morgan fingerprint density at radius 2 is 1.68 bits per heavy atom. The van der Waals surface area contributed by atoms with Crippen molar-refractivity contribution in [3.05, 3.63) is 60.2 Å². The normalized spacial score (nSPS) is 12.9. The summed E-state index contributed by atoms with van der Waals surface area (Å²) >= 11 is 0. The van der Waals surface area contributed by atoms with Gasteiger partial charge in [0.15, 0.2) is 6.10 Å². The monoisotopic (exact) mass is 341 g/mol. The Kier molecular flexibility index (Phi) is 7.33. The highest BCUT2D eigenvalue weighted by Crippen LogP contribution is 2.19. The van der Waals surface area contributed by atoms with Crippen molar-refractivity contribution in [1.29, 1.82) is 0 Å². The van der Waals surface area contributed by atoms with E-state index < -0.39 is 6.10 Å². The first-order valence-electron chi connectivity index (χ1n) is 8.77. The molecule has 0 saturated carbocycles. The van der Waals surface area contributed by atoms with E-state index in [4.69, 9.17) is 9.47 Å². The molecular formula is C21H27NO3. The maximum absolute atomic E-state index is 12.5. The van der Waals surface area contributed by atoms with E-state index in [-0.39, 0.29) is 11.9 Å². The number of carbonyl (C=O) groups is 1. The van der Waals surface area contributed by atoms with Crippen molar-refractivity contribution in [2.24, 2.45) is 0 Å². The number of hydrogen-bond acceptors (Lipinski definition) is 3. The molecule has 25 heavy (non-hydrogen) atoms. The van der Waals surface area contributed by atoms with Gasteiger partial charge in [-0.2, -0.15) is 0 Å². The highest BCUT2D eigenvalue weighted by molar-refractivity contribution is 5.81. The standard InChI is InChI=1S/C21H27NO3/c1-4-20(25-19-14-12-18(24-3)13-15-19)21(23)22-16(2)10-11-17-8-6-5-7-9-17/h5-9,12-16,20H,4,10-11H2,1-3H3,(H,22,23). The Hall–Kier alpha value is -2.49. The second-order valence-corrected chi connectivity index (χ2v) is 6.12. The van der Waals surface area contributed by atoms with Gasteiger partial charge in [-0.1, -0.05) is 37.3 Å². The maximum atomic E-state index is 12.5.